The van der Waals surface area contributed by atoms with E-state index >= 15 is 0 Å². The summed E-state index contributed by atoms with van der Waals surface area (Å²) in [4.78, 5) is 70.6. The highest BCUT2D eigenvalue weighted by atomic mass is 32.2. The molecular weight excluding hydrogens is 1180 g/mol. The SMILES string of the molecule is CC(C)(C)C(=O)SCCOP(=O)(OCCSC(=O)C(C)(C)C)OCC1OC[C@@H](n2ccc(N)nc2=O)O1.CP(C)(=O)CCC1OC[C@@H](n2ccc(N)nc2=O)O1.Nc1ccn([C@@H]2COC(COP3(=O)OCc4ccccc4O3)O2)c(=O)n1. The van der Waals surface area contributed by atoms with E-state index in [2.05, 4.69) is 15.0 Å². The van der Waals surface area contributed by atoms with Crippen molar-refractivity contribution in [2.75, 3.05) is 94.4 Å². The molecule has 3 aromatic heterocycles. The number of anilines is 3. The van der Waals surface area contributed by atoms with Crippen LogP contribution in [0.25, 0.3) is 0 Å². The number of thioether (sulfide) groups is 2. The zero-order chi connectivity index (χ0) is 60.0. The van der Waals surface area contributed by atoms with Crippen LogP contribution in [0.2, 0.25) is 0 Å². The van der Waals surface area contributed by atoms with E-state index in [9.17, 15) is 37.7 Å². The minimum atomic E-state index is -4.09. The van der Waals surface area contributed by atoms with E-state index in [-0.39, 0.29) is 92.0 Å². The maximum Gasteiger partial charge on any atom is 0.530 e. The molecule has 4 aliphatic rings. The van der Waals surface area contributed by atoms with Crippen molar-refractivity contribution < 1.29 is 78.8 Å². The highest BCUT2D eigenvalue weighted by molar-refractivity contribution is 8.14. The zero-order valence-electron chi connectivity index (χ0n) is 46.5. The number of hydrogen-bond donors (Lipinski definition) is 3. The second kappa shape index (κ2) is 29.4. The van der Waals surface area contributed by atoms with Crippen LogP contribution in [-0.4, -0.2) is 135 Å². The molecule has 454 valence electrons. The highest BCUT2D eigenvalue weighted by Gasteiger charge is 2.38. The molecule has 0 radical (unpaired) electrons. The van der Waals surface area contributed by atoms with Crippen molar-refractivity contribution in [2.24, 2.45) is 10.8 Å². The van der Waals surface area contributed by atoms with E-state index in [0.29, 0.717) is 18.3 Å². The summed E-state index contributed by atoms with van der Waals surface area (Å²) in [6.45, 7) is 14.2. The van der Waals surface area contributed by atoms with Gasteiger partial charge in [-0.3, -0.25) is 45.9 Å². The normalized spacial score (nSPS) is 22.7. The molecule has 1 aromatic carbocycles. The Balaban J connectivity index is 0.000000209. The number of nitrogens with two attached hydrogens (primary N) is 3. The number of nitrogen functional groups attached to an aromatic ring is 3. The van der Waals surface area contributed by atoms with E-state index in [1.165, 1.54) is 50.5 Å². The van der Waals surface area contributed by atoms with Crippen molar-refractivity contribution >= 4 is 74.0 Å². The third kappa shape index (κ3) is 20.8. The van der Waals surface area contributed by atoms with E-state index in [4.69, 9.17) is 72.8 Å². The number of carbonyl (C=O) groups is 2. The zero-order valence-corrected chi connectivity index (χ0v) is 50.8. The largest absolute Gasteiger partial charge is 0.530 e. The van der Waals surface area contributed by atoms with Crippen LogP contribution in [0, 0.1) is 10.8 Å². The van der Waals surface area contributed by atoms with Crippen LogP contribution in [0.1, 0.15) is 72.2 Å². The van der Waals surface area contributed by atoms with Gasteiger partial charge in [-0.2, -0.15) is 15.0 Å². The molecule has 4 unspecified atom stereocenters. The summed E-state index contributed by atoms with van der Waals surface area (Å²) >= 11 is 2.12. The molecule has 29 nitrogen and oxygen atoms in total. The molecule has 4 aliphatic heterocycles. The van der Waals surface area contributed by atoms with Crippen LogP contribution in [0.4, 0.5) is 17.5 Å². The predicted octanol–water partition coefficient (Wildman–Crippen LogP) is 5.61. The number of ether oxygens (including phenoxy) is 6. The first-order valence-electron chi connectivity index (χ1n) is 25.4. The Morgan fingerprint density at radius 1 is 0.659 bits per heavy atom. The van der Waals surface area contributed by atoms with Crippen molar-refractivity contribution in [3.05, 3.63) is 98.1 Å². The maximum absolute atomic E-state index is 13.3. The van der Waals surface area contributed by atoms with Gasteiger partial charge in [-0.05, 0) is 37.6 Å². The molecule has 34 heteroatoms. The van der Waals surface area contributed by atoms with E-state index < -0.39 is 88.2 Å². The minimum absolute atomic E-state index is 0.0304. The molecule has 0 aliphatic carbocycles. The molecule has 0 bridgehead atoms. The Hall–Kier alpha value is -4.65. The number of para-hydroxylation sites is 1. The average molecular weight is 1250 g/mol. The standard InChI is InChI=1S/C22H36N3O9PS2.C15H16N3O7P.C11H18N3O4P/c1-21(2,3)18(26)36-11-9-31-35(29,32-10-12-37-19(27)22(4,5)6)33-14-17-30-13-16(34-17)25-8-7-15(23)24-20(25)28;16-12-5-6-18(15(19)17-12)13-8-21-14(24-13)9-23-26(20)22-7-10-3-1-2-4-11(10)25-26;1-19(2,16)6-4-10-17-7-9(18-10)14-5-3-8(12)13-11(14)15/h7-8,16-17H,9-14H2,1-6H3,(H2,23,24,28);1-6,13-14H,7-9H2,(H2,16,17,19);3,5,9-10H,4,6-7H2,1-2H3,(H2,12,13,15)/t16-,17?;13-,14?,26?;9-,10?/m000/s1. The summed E-state index contributed by atoms with van der Waals surface area (Å²) < 4.78 is 107. The molecule has 0 saturated carbocycles. The molecule has 0 amide bonds. The maximum atomic E-state index is 13.3. The third-order valence-electron chi connectivity index (χ3n) is 11.2. The Bertz CT molecular complexity index is 3120. The van der Waals surface area contributed by atoms with Gasteiger partial charge in [-0.25, -0.2) is 23.5 Å². The fourth-order valence-electron chi connectivity index (χ4n) is 6.93. The Labute approximate surface area is 480 Å². The molecule has 7 heterocycles. The molecule has 8 rings (SSSR count). The quantitative estimate of drug-likeness (QED) is 0.0715. The van der Waals surface area contributed by atoms with E-state index in [1.807, 2.05) is 12.1 Å². The summed E-state index contributed by atoms with van der Waals surface area (Å²) in [7, 11) is -9.93. The number of carbonyl (C=O) groups excluding carboxylic acids is 2. The van der Waals surface area contributed by atoms with Crippen molar-refractivity contribution in [1.82, 2.24) is 28.7 Å². The number of aromatic nitrogens is 6. The first-order chi connectivity index (χ1) is 38.5. The lowest BCUT2D eigenvalue weighted by atomic mass is 9.99. The van der Waals surface area contributed by atoms with Gasteiger partial charge in [0.1, 0.15) is 36.4 Å². The van der Waals surface area contributed by atoms with Gasteiger partial charge in [0, 0.05) is 59.1 Å². The second-order valence-electron chi connectivity index (χ2n) is 20.7. The van der Waals surface area contributed by atoms with E-state index in [1.54, 1.807) is 67.0 Å². The number of phosphoric ester groups is 2. The fraction of sp³-hybridized carbons (Fsp3) is 0.583. The van der Waals surface area contributed by atoms with Crippen LogP contribution in [-0.2, 0) is 80.9 Å². The smallest absolute Gasteiger partial charge is 0.404 e. The van der Waals surface area contributed by atoms with Gasteiger partial charge in [0.05, 0.1) is 46.8 Å². The Morgan fingerprint density at radius 2 is 1.09 bits per heavy atom. The van der Waals surface area contributed by atoms with Gasteiger partial charge in [0.15, 0.2) is 47.8 Å². The molecule has 6 N–H and O–H groups in total. The lowest BCUT2D eigenvalue weighted by Crippen LogP contribution is -2.28. The molecule has 7 atom stereocenters. The second-order valence-corrected chi connectivity index (χ2v) is 29.7. The van der Waals surface area contributed by atoms with Crippen LogP contribution in [0.15, 0.2) is 75.4 Å². The summed E-state index contributed by atoms with van der Waals surface area (Å²) in [5, 5.41) is -0.0629. The van der Waals surface area contributed by atoms with Gasteiger partial charge in [0.25, 0.3) is 0 Å². The highest BCUT2D eigenvalue weighted by Crippen LogP contribution is 2.55. The molecular formula is C48H70N9O20P3S2. The number of phosphoric acid groups is 2. The topological polar surface area (TPSA) is 379 Å². The number of benzene rings is 1. The first kappa shape index (κ1) is 66.5. The van der Waals surface area contributed by atoms with Crippen LogP contribution in [0.5, 0.6) is 5.75 Å². The first-order valence-corrected chi connectivity index (χ1v) is 33.1. The summed E-state index contributed by atoms with van der Waals surface area (Å²) in [5.41, 5.74) is 14.5. The van der Waals surface area contributed by atoms with Crippen molar-refractivity contribution in [3.63, 3.8) is 0 Å². The van der Waals surface area contributed by atoms with E-state index in [0.717, 1.165) is 29.1 Å². The fourth-order valence-corrected chi connectivity index (χ4v) is 11.9. The predicted molar refractivity (Wildman–Crippen MR) is 302 cm³/mol. The number of fused-ring (bicyclic) bond motifs is 1. The van der Waals surface area contributed by atoms with Gasteiger partial charge >= 0.3 is 32.7 Å². The van der Waals surface area contributed by atoms with Crippen LogP contribution in [0.3, 0.4) is 0 Å². The van der Waals surface area contributed by atoms with Crippen LogP contribution < -0.4 is 38.8 Å². The number of rotatable bonds is 20. The lowest BCUT2D eigenvalue weighted by Gasteiger charge is -2.25. The van der Waals surface area contributed by atoms with Crippen molar-refractivity contribution in [1.29, 1.82) is 0 Å². The summed E-state index contributed by atoms with van der Waals surface area (Å²) in [5.74, 6) is 1.32. The third-order valence-corrected chi connectivity index (χ3v) is 17.9. The van der Waals surface area contributed by atoms with Crippen molar-refractivity contribution in [3.8, 4) is 5.75 Å². The van der Waals surface area contributed by atoms with Gasteiger partial charge in [0.2, 0.25) is 0 Å². The summed E-state index contributed by atoms with van der Waals surface area (Å²) in [6.07, 6.45) is 1.38. The average Bonchev–Trinajstić information content (AvgIpc) is 4.33. The van der Waals surface area contributed by atoms with Gasteiger partial charge in [-0.15, -0.1) is 0 Å². The number of hydrogen-bond acceptors (Lipinski definition) is 28. The van der Waals surface area contributed by atoms with Gasteiger partial charge < -0.3 is 54.7 Å². The monoisotopic (exact) mass is 1250 g/mol. The molecule has 82 heavy (non-hydrogen) atoms. The van der Waals surface area contributed by atoms with Gasteiger partial charge in [-0.1, -0.05) is 83.3 Å². The summed E-state index contributed by atoms with van der Waals surface area (Å²) in [6, 6.07) is 11.6. The molecule has 3 saturated heterocycles. The molecule has 4 aromatic rings. The van der Waals surface area contributed by atoms with Crippen molar-refractivity contribution in [2.45, 2.75) is 92.1 Å². The minimum Gasteiger partial charge on any atom is -0.404 e. The lowest BCUT2D eigenvalue weighted by molar-refractivity contribution is -0.118. The number of nitrogens with zero attached hydrogens (tertiary/aromatic N) is 6. The molecule has 3 fully saturated rings. The molecule has 0 spiro atoms. The Kier molecular flexibility index (Phi) is 23.9. The Morgan fingerprint density at radius 3 is 1.52 bits per heavy atom. The van der Waals surface area contributed by atoms with Crippen LogP contribution >= 0.6 is 46.3 Å².